The van der Waals surface area contributed by atoms with Gasteiger partial charge in [0, 0.05) is 6.54 Å². The van der Waals surface area contributed by atoms with Gasteiger partial charge in [-0.3, -0.25) is 4.79 Å². The van der Waals surface area contributed by atoms with Gasteiger partial charge in [0.15, 0.2) is 0 Å². The molecule has 0 heterocycles. The summed E-state index contributed by atoms with van der Waals surface area (Å²) in [7, 11) is 0. The van der Waals surface area contributed by atoms with Crippen LogP contribution in [0.25, 0.3) is 0 Å². The molecule has 1 atom stereocenters. The molecule has 0 spiro atoms. The second-order valence-corrected chi connectivity index (χ2v) is 4.23. The van der Waals surface area contributed by atoms with E-state index in [-0.39, 0.29) is 5.92 Å². The Morgan fingerprint density at radius 1 is 1.57 bits per heavy atom. The molecule has 1 fully saturated rings. The Bertz CT molecular complexity index is 178. The van der Waals surface area contributed by atoms with Gasteiger partial charge in [0.1, 0.15) is 0 Å². The fraction of sp³-hybridized carbons (Fsp3) is 0.909. The van der Waals surface area contributed by atoms with E-state index in [1.807, 2.05) is 6.92 Å². The normalized spacial score (nSPS) is 18.9. The van der Waals surface area contributed by atoms with Crippen molar-refractivity contribution in [3.63, 3.8) is 0 Å². The Morgan fingerprint density at radius 2 is 2.29 bits per heavy atom. The molecule has 3 heteroatoms. The number of carboxylic acid groups (broad SMARTS) is 1. The summed E-state index contributed by atoms with van der Waals surface area (Å²) in [4.78, 5) is 10.7. The van der Waals surface area contributed by atoms with E-state index >= 15 is 0 Å². The van der Waals surface area contributed by atoms with E-state index in [2.05, 4.69) is 5.32 Å². The average Bonchev–Trinajstić information content (AvgIpc) is 2.07. The minimum absolute atomic E-state index is 0.212. The molecule has 0 aliphatic heterocycles. The van der Waals surface area contributed by atoms with Crippen molar-refractivity contribution in [2.75, 3.05) is 13.1 Å². The second kappa shape index (κ2) is 6.02. The number of hydrogen-bond acceptors (Lipinski definition) is 2. The molecule has 1 aliphatic carbocycles. The van der Waals surface area contributed by atoms with Crippen molar-refractivity contribution < 1.29 is 9.90 Å². The Labute approximate surface area is 85.9 Å². The quantitative estimate of drug-likeness (QED) is 0.615. The topological polar surface area (TPSA) is 49.3 Å². The predicted molar refractivity (Wildman–Crippen MR) is 56.2 cm³/mol. The lowest BCUT2D eigenvalue weighted by Crippen LogP contribution is -2.30. The third-order valence-corrected chi connectivity index (χ3v) is 3.19. The highest BCUT2D eigenvalue weighted by Gasteiger charge is 2.17. The van der Waals surface area contributed by atoms with E-state index in [0.717, 1.165) is 12.5 Å². The van der Waals surface area contributed by atoms with E-state index in [0.29, 0.717) is 13.0 Å². The highest BCUT2D eigenvalue weighted by Crippen LogP contribution is 2.28. The molecule has 3 nitrogen and oxygen atoms in total. The highest BCUT2D eigenvalue weighted by molar-refractivity contribution is 5.70. The summed E-state index contributed by atoms with van der Waals surface area (Å²) in [5, 5.41) is 12.0. The van der Waals surface area contributed by atoms with Crippen LogP contribution in [0, 0.1) is 11.8 Å². The summed E-state index contributed by atoms with van der Waals surface area (Å²) in [6.07, 6.45) is 6.06. The van der Waals surface area contributed by atoms with Gasteiger partial charge < -0.3 is 10.4 Å². The third-order valence-electron chi connectivity index (χ3n) is 3.19. The van der Waals surface area contributed by atoms with Gasteiger partial charge in [0.05, 0.1) is 5.92 Å². The summed E-state index contributed by atoms with van der Waals surface area (Å²) in [6.45, 7) is 3.53. The van der Waals surface area contributed by atoms with Crippen LogP contribution in [-0.2, 0) is 4.79 Å². The van der Waals surface area contributed by atoms with Gasteiger partial charge >= 0.3 is 5.97 Å². The molecule has 82 valence electrons. The molecule has 2 N–H and O–H groups in total. The first-order valence-electron chi connectivity index (χ1n) is 5.67. The van der Waals surface area contributed by atoms with Crippen LogP contribution in [0.3, 0.4) is 0 Å². The molecular weight excluding hydrogens is 178 g/mol. The number of hydrogen-bond donors (Lipinski definition) is 2. The van der Waals surface area contributed by atoms with Crippen molar-refractivity contribution in [3.8, 4) is 0 Å². The Balaban J connectivity index is 1.98. The van der Waals surface area contributed by atoms with Gasteiger partial charge in [-0.25, -0.2) is 0 Å². The molecule has 0 aromatic heterocycles. The maximum atomic E-state index is 10.7. The highest BCUT2D eigenvalue weighted by atomic mass is 16.4. The number of aliphatic carboxylic acids is 1. The minimum Gasteiger partial charge on any atom is -0.481 e. The van der Waals surface area contributed by atoms with Crippen molar-refractivity contribution in [1.29, 1.82) is 0 Å². The second-order valence-electron chi connectivity index (χ2n) is 4.23. The first kappa shape index (κ1) is 11.5. The van der Waals surface area contributed by atoms with Crippen molar-refractivity contribution in [1.82, 2.24) is 5.32 Å². The van der Waals surface area contributed by atoms with Gasteiger partial charge in [0.25, 0.3) is 0 Å². The summed E-state index contributed by atoms with van der Waals surface area (Å²) < 4.78 is 0. The maximum absolute atomic E-state index is 10.7. The van der Waals surface area contributed by atoms with Crippen LogP contribution >= 0.6 is 0 Å². The van der Waals surface area contributed by atoms with E-state index in [9.17, 15) is 4.79 Å². The maximum Gasteiger partial charge on any atom is 0.307 e. The van der Waals surface area contributed by atoms with Crippen LogP contribution in [0.4, 0.5) is 0 Å². The van der Waals surface area contributed by atoms with Crippen LogP contribution in [0.15, 0.2) is 0 Å². The van der Waals surface area contributed by atoms with Gasteiger partial charge in [-0.2, -0.15) is 0 Å². The SMILES string of the molecule is CCC(CNCCC1CCC1)C(=O)O. The largest absolute Gasteiger partial charge is 0.481 e. The van der Waals surface area contributed by atoms with Crippen LogP contribution in [0.5, 0.6) is 0 Å². The van der Waals surface area contributed by atoms with Crippen LogP contribution in [0.1, 0.15) is 39.0 Å². The number of nitrogens with one attached hydrogen (secondary N) is 1. The first-order valence-corrected chi connectivity index (χ1v) is 5.67. The van der Waals surface area contributed by atoms with Gasteiger partial charge in [-0.05, 0) is 25.3 Å². The van der Waals surface area contributed by atoms with Gasteiger partial charge in [-0.1, -0.05) is 26.2 Å². The van der Waals surface area contributed by atoms with Crippen molar-refractivity contribution >= 4 is 5.97 Å². The molecule has 1 unspecified atom stereocenters. The Kier molecular flexibility index (Phi) is 4.94. The minimum atomic E-state index is -0.677. The number of rotatable bonds is 7. The van der Waals surface area contributed by atoms with Crippen LogP contribution < -0.4 is 5.32 Å². The molecule has 14 heavy (non-hydrogen) atoms. The molecule has 1 rings (SSSR count). The zero-order valence-electron chi connectivity index (χ0n) is 8.96. The molecule has 1 saturated carbocycles. The molecule has 0 bridgehead atoms. The zero-order valence-corrected chi connectivity index (χ0v) is 8.96. The lowest BCUT2D eigenvalue weighted by Gasteiger charge is -2.25. The lowest BCUT2D eigenvalue weighted by atomic mass is 9.83. The summed E-state index contributed by atoms with van der Waals surface area (Å²) in [6, 6.07) is 0. The average molecular weight is 199 g/mol. The van der Waals surface area contributed by atoms with Gasteiger partial charge in [0.2, 0.25) is 0 Å². The van der Waals surface area contributed by atoms with E-state index in [1.165, 1.54) is 25.7 Å². The van der Waals surface area contributed by atoms with Crippen LogP contribution in [-0.4, -0.2) is 24.2 Å². The Hall–Kier alpha value is -0.570. The van der Waals surface area contributed by atoms with E-state index in [1.54, 1.807) is 0 Å². The number of carbonyl (C=O) groups is 1. The fourth-order valence-electron chi connectivity index (χ4n) is 1.77. The molecule has 0 saturated heterocycles. The lowest BCUT2D eigenvalue weighted by molar-refractivity contribution is -0.141. The van der Waals surface area contributed by atoms with Crippen molar-refractivity contribution in [2.24, 2.45) is 11.8 Å². The monoisotopic (exact) mass is 199 g/mol. The van der Waals surface area contributed by atoms with Crippen molar-refractivity contribution in [2.45, 2.75) is 39.0 Å². The third kappa shape index (κ3) is 3.66. The molecule has 0 amide bonds. The summed E-state index contributed by atoms with van der Waals surface area (Å²) >= 11 is 0. The first-order chi connectivity index (χ1) is 6.74. The van der Waals surface area contributed by atoms with Crippen molar-refractivity contribution in [3.05, 3.63) is 0 Å². The summed E-state index contributed by atoms with van der Waals surface area (Å²) in [5.74, 6) is 0.0208. The molecule has 0 radical (unpaired) electrons. The van der Waals surface area contributed by atoms with Gasteiger partial charge in [-0.15, -0.1) is 0 Å². The molecule has 0 aromatic rings. The summed E-state index contributed by atoms with van der Waals surface area (Å²) in [5.41, 5.74) is 0. The predicted octanol–water partition coefficient (Wildman–Crippen LogP) is 1.88. The van der Waals surface area contributed by atoms with E-state index < -0.39 is 5.97 Å². The number of carboxylic acids is 1. The zero-order chi connectivity index (χ0) is 10.4. The molecule has 1 aliphatic rings. The van der Waals surface area contributed by atoms with E-state index in [4.69, 9.17) is 5.11 Å². The Morgan fingerprint density at radius 3 is 2.71 bits per heavy atom. The fourth-order valence-corrected chi connectivity index (χ4v) is 1.77. The van der Waals surface area contributed by atoms with Crippen LogP contribution in [0.2, 0.25) is 0 Å². The molecular formula is C11H21NO2. The molecule has 0 aromatic carbocycles. The smallest absolute Gasteiger partial charge is 0.307 e. The standard InChI is InChI=1S/C11H21NO2/c1-2-10(11(13)14)8-12-7-6-9-4-3-5-9/h9-10,12H,2-8H2,1H3,(H,13,14).